The highest BCUT2D eigenvalue weighted by molar-refractivity contribution is 6.04. The first kappa shape index (κ1) is 16.5. The van der Waals surface area contributed by atoms with Crippen LogP contribution in [-0.4, -0.2) is 40.5 Å². The molecule has 0 fully saturated rings. The minimum absolute atomic E-state index is 0.00374. The Morgan fingerprint density at radius 3 is 2.64 bits per heavy atom. The summed E-state index contributed by atoms with van der Waals surface area (Å²) in [7, 11) is 0. The summed E-state index contributed by atoms with van der Waals surface area (Å²) in [5, 5.41) is 12.6. The van der Waals surface area contributed by atoms with Crippen LogP contribution in [0.1, 0.15) is 55.6 Å². The second-order valence-electron chi connectivity index (χ2n) is 5.99. The van der Waals surface area contributed by atoms with Crippen molar-refractivity contribution in [3.05, 3.63) is 35.4 Å². The van der Waals surface area contributed by atoms with Crippen LogP contribution in [-0.2, 0) is 4.79 Å². The highest BCUT2D eigenvalue weighted by Crippen LogP contribution is 2.36. The Morgan fingerprint density at radius 1 is 1.36 bits per heavy atom. The van der Waals surface area contributed by atoms with Gasteiger partial charge in [-0.3, -0.25) is 9.59 Å². The summed E-state index contributed by atoms with van der Waals surface area (Å²) < 4.78 is 0. The molecule has 0 aliphatic carbocycles. The van der Waals surface area contributed by atoms with Crippen molar-refractivity contribution in [1.82, 2.24) is 10.2 Å². The molecule has 120 valence electrons. The van der Waals surface area contributed by atoms with E-state index >= 15 is 0 Å². The normalized spacial score (nSPS) is 18.5. The number of hydrogen-bond donors (Lipinski definition) is 2. The molecule has 0 spiro atoms. The average Bonchev–Trinajstić information content (AvgIpc) is 2.78. The van der Waals surface area contributed by atoms with Gasteiger partial charge >= 0.3 is 0 Å². The number of nitrogens with zero attached hydrogens (tertiary/aromatic N) is 1. The molecule has 0 bridgehead atoms. The van der Waals surface area contributed by atoms with Gasteiger partial charge < -0.3 is 15.3 Å². The lowest BCUT2D eigenvalue weighted by Gasteiger charge is -2.32. The van der Waals surface area contributed by atoms with E-state index in [2.05, 4.69) is 5.32 Å². The predicted octanol–water partition coefficient (Wildman–Crippen LogP) is 1.87. The number of benzene rings is 1. The van der Waals surface area contributed by atoms with Crippen LogP contribution in [0.15, 0.2) is 24.3 Å². The van der Waals surface area contributed by atoms with Crippen molar-refractivity contribution >= 4 is 11.8 Å². The van der Waals surface area contributed by atoms with Gasteiger partial charge in [-0.25, -0.2) is 0 Å². The Balaban J connectivity index is 2.42. The summed E-state index contributed by atoms with van der Waals surface area (Å²) in [6.45, 7) is 5.64. The number of fused-ring (bicyclic) bond motifs is 1. The molecule has 2 unspecified atom stereocenters. The summed E-state index contributed by atoms with van der Waals surface area (Å²) in [6, 6.07) is 6.19. The number of rotatable bonds is 6. The monoisotopic (exact) mass is 304 g/mol. The molecule has 0 saturated heterocycles. The van der Waals surface area contributed by atoms with Gasteiger partial charge in [0.2, 0.25) is 5.91 Å². The van der Waals surface area contributed by atoms with Crippen LogP contribution in [0.2, 0.25) is 0 Å². The van der Waals surface area contributed by atoms with Crippen LogP contribution in [0.4, 0.5) is 0 Å². The van der Waals surface area contributed by atoms with Crippen LogP contribution in [0.25, 0.3) is 0 Å². The van der Waals surface area contributed by atoms with Crippen LogP contribution >= 0.6 is 0 Å². The molecule has 2 amide bonds. The van der Waals surface area contributed by atoms with E-state index in [0.29, 0.717) is 12.0 Å². The van der Waals surface area contributed by atoms with Gasteiger partial charge in [0.05, 0.1) is 12.6 Å². The maximum atomic E-state index is 12.7. The summed E-state index contributed by atoms with van der Waals surface area (Å²) >= 11 is 0. The number of aliphatic hydroxyl groups excluding tert-OH is 1. The van der Waals surface area contributed by atoms with Gasteiger partial charge in [0.1, 0.15) is 6.04 Å². The van der Waals surface area contributed by atoms with Crippen molar-refractivity contribution in [3.8, 4) is 0 Å². The Kier molecular flexibility index (Phi) is 5.19. The van der Waals surface area contributed by atoms with Crippen LogP contribution in [0.5, 0.6) is 0 Å². The van der Waals surface area contributed by atoms with Crippen molar-refractivity contribution < 1.29 is 14.7 Å². The molecule has 1 aromatic carbocycles. The molecule has 0 saturated carbocycles. The zero-order valence-electron chi connectivity index (χ0n) is 13.4. The maximum Gasteiger partial charge on any atom is 0.255 e. The zero-order chi connectivity index (χ0) is 16.3. The zero-order valence-corrected chi connectivity index (χ0v) is 13.4. The molecule has 5 heteroatoms. The molecule has 5 nitrogen and oxygen atoms in total. The number of nitrogens with one attached hydrogen (secondary N) is 1. The molecule has 2 atom stereocenters. The first-order valence-electron chi connectivity index (χ1n) is 7.84. The number of hydrogen-bond acceptors (Lipinski definition) is 3. The molecule has 2 rings (SSSR count). The standard InChI is InChI=1S/C17H24N2O3/c1-4-7-12(10-20)19-15(16(21)18-11(2)3)13-8-5-6-9-14(13)17(19)22/h5-6,8-9,11-12,15,20H,4,7,10H2,1-3H3,(H,18,21). The second kappa shape index (κ2) is 6.92. The third kappa shape index (κ3) is 2.99. The summed E-state index contributed by atoms with van der Waals surface area (Å²) in [5.41, 5.74) is 1.28. The van der Waals surface area contributed by atoms with Crippen molar-refractivity contribution in [2.45, 2.75) is 51.7 Å². The van der Waals surface area contributed by atoms with Crippen molar-refractivity contribution in [1.29, 1.82) is 0 Å². The topological polar surface area (TPSA) is 69.6 Å². The Hall–Kier alpha value is -1.88. The van der Waals surface area contributed by atoms with Gasteiger partial charge in [-0.15, -0.1) is 0 Å². The molecule has 2 N–H and O–H groups in total. The van der Waals surface area contributed by atoms with E-state index in [-0.39, 0.29) is 30.5 Å². The van der Waals surface area contributed by atoms with Gasteiger partial charge in [-0.2, -0.15) is 0 Å². The van der Waals surface area contributed by atoms with Crippen molar-refractivity contribution in [3.63, 3.8) is 0 Å². The quantitative estimate of drug-likeness (QED) is 0.843. The molecular weight excluding hydrogens is 280 g/mol. The third-order valence-electron chi connectivity index (χ3n) is 3.90. The van der Waals surface area contributed by atoms with E-state index in [0.717, 1.165) is 12.0 Å². The predicted molar refractivity (Wildman–Crippen MR) is 84.4 cm³/mol. The number of amides is 2. The van der Waals surface area contributed by atoms with Gasteiger partial charge in [0, 0.05) is 11.6 Å². The molecule has 22 heavy (non-hydrogen) atoms. The van der Waals surface area contributed by atoms with E-state index in [1.165, 1.54) is 0 Å². The van der Waals surface area contributed by atoms with Gasteiger partial charge in [-0.1, -0.05) is 31.5 Å². The smallest absolute Gasteiger partial charge is 0.255 e. The second-order valence-corrected chi connectivity index (χ2v) is 5.99. The molecule has 0 aromatic heterocycles. The Labute approximate surface area is 131 Å². The SMILES string of the molecule is CCCC(CO)N1C(=O)c2ccccc2C1C(=O)NC(C)C. The van der Waals surface area contributed by atoms with Crippen LogP contribution < -0.4 is 5.32 Å². The lowest BCUT2D eigenvalue weighted by Crippen LogP contribution is -2.47. The summed E-state index contributed by atoms with van der Waals surface area (Å²) in [6.07, 6.45) is 1.51. The molecule has 1 aromatic rings. The van der Waals surface area contributed by atoms with E-state index in [1.807, 2.05) is 32.9 Å². The van der Waals surface area contributed by atoms with Crippen molar-refractivity contribution in [2.75, 3.05) is 6.61 Å². The first-order valence-corrected chi connectivity index (χ1v) is 7.84. The fourth-order valence-corrected chi connectivity index (χ4v) is 3.00. The van der Waals surface area contributed by atoms with Gasteiger partial charge in [0.15, 0.2) is 0 Å². The Morgan fingerprint density at radius 2 is 2.05 bits per heavy atom. The van der Waals surface area contributed by atoms with E-state index < -0.39 is 6.04 Å². The molecule has 1 aliphatic rings. The fraction of sp³-hybridized carbons (Fsp3) is 0.529. The minimum Gasteiger partial charge on any atom is -0.394 e. The lowest BCUT2D eigenvalue weighted by atomic mass is 10.0. The van der Waals surface area contributed by atoms with Crippen LogP contribution in [0.3, 0.4) is 0 Å². The summed E-state index contributed by atoms with van der Waals surface area (Å²) in [4.78, 5) is 26.9. The number of aliphatic hydroxyl groups is 1. The number of carbonyl (C=O) groups is 2. The van der Waals surface area contributed by atoms with Gasteiger partial charge in [0.25, 0.3) is 5.91 Å². The molecule has 0 radical (unpaired) electrons. The minimum atomic E-state index is -0.658. The van der Waals surface area contributed by atoms with Crippen molar-refractivity contribution in [2.24, 2.45) is 0 Å². The largest absolute Gasteiger partial charge is 0.394 e. The first-order chi connectivity index (χ1) is 10.5. The number of carbonyl (C=O) groups excluding carboxylic acids is 2. The van der Waals surface area contributed by atoms with E-state index in [9.17, 15) is 14.7 Å². The van der Waals surface area contributed by atoms with E-state index in [4.69, 9.17) is 0 Å². The highest BCUT2D eigenvalue weighted by atomic mass is 16.3. The van der Waals surface area contributed by atoms with E-state index in [1.54, 1.807) is 17.0 Å². The highest BCUT2D eigenvalue weighted by Gasteiger charge is 2.43. The lowest BCUT2D eigenvalue weighted by molar-refractivity contribution is -0.127. The summed E-state index contributed by atoms with van der Waals surface area (Å²) in [5.74, 6) is -0.366. The third-order valence-corrected chi connectivity index (χ3v) is 3.90. The average molecular weight is 304 g/mol. The maximum absolute atomic E-state index is 12.7. The molecular formula is C17H24N2O3. The Bertz CT molecular complexity index is 557. The molecule has 1 heterocycles. The fourth-order valence-electron chi connectivity index (χ4n) is 3.00. The molecule has 1 aliphatic heterocycles. The van der Waals surface area contributed by atoms with Crippen LogP contribution in [0, 0.1) is 0 Å². The van der Waals surface area contributed by atoms with Gasteiger partial charge in [-0.05, 0) is 31.9 Å².